The van der Waals surface area contributed by atoms with Crippen molar-refractivity contribution in [2.24, 2.45) is 5.73 Å². The summed E-state index contributed by atoms with van der Waals surface area (Å²) in [5.41, 5.74) is 6.10. The number of rotatable bonds is 5. The van der Waals surface area contributed by atoms with Gasteiger partial charge in [-0.3, -0.25) is 4.79 Å². The van der Waals surface area contributed by atoms with E-state index in [0.717, 1.165) is 5.56 Å². The molecule has 2 aromatic rings. The largest absolute Gasteiger partial charge is 0.481 e. The highest BCUT2D eigenvalue weighted by atomic mass is 16.5. The monoisotopic (exact) mass is 259 g/mol. The molecule has 0 aliphatic heterocycles. The lowest BCUT2D eigenvalue weighted by atomic mass is 10.2. The number of carbonyl (C=O) groups is 1. The number of anilines is 1. The Balaban J connectivity index is 2.04. The Labute approximate surface area is 109 Å². The summed E-state index contributed by atoms with van der Waals surface area (Å²) in [7, 11) is 1.56. The second-order valence-electron chi connectivity index (χ2n) is 3.69. The predicted molar refractivity (Wildman–Crippen MR) is 68.7 cm³/mol. The van der Waals surface area contributed by atoms with E-state index in [1.54, 1.807) is 19.4 Å². The second-order valence-corrected chi connectivity index (χ2v) is 3.69. The smallest absolute Gasteiger partial charge is 0.269 e. The SMILES string of the molecule is COc1ncccc1CNc1ccc(C(N)=O)nn1. The number of amides is 1. The lowest BCUT2D eigenvalue weighted by Gasteiger charge is -2.08. The quantitative estimate of drug-likeness (QED) is 0.814. The molecule has 0 saturated carbocycles. The average Bonchev–Trinajstić information content (AvgIpc) is 2.45. The van der Waals surface area contributed by atoms with Crippen LogP contribution in [0, 0.1) is 0 Å². The third kappa shape index (κ3) is 3.15. The Morgan fingerprint density at radius 3 is 2.84 bits per heavy atom. The highest BCUT2D eigenvalue weighted by Crippen LogP contribution is 2.14. The molecule has 0 aliphatic rings. The fourth-order valence-corrected chi connectivity index (χ4v) is 1.49. The van der Waals surface area contributed by atoms with Crippen LogP contribution in [0.15, 0.2) is 30.5 Å². The van der Waals surface area contributed by atoms with E-state index in [9.17, 15) is 4.79 Å². The van der Waals surface area contributed by atoms with Gasteiger partial charge in [0.15, 0.2) is 5.69 Å². The summed E-state index contributed by atoms with van der Waals surface area (Å²) in [6, 6.07) is 6.86. The van der Waals surface area contributed by atoms with Crippen LogP contribution in [0.5, 0.6) is 5.88 Å². The zero-order chi connectivity index (χ0) is 13.7. The Bertz CT molecular complexity index is 571. The summed E-state index contributed by atoms with van der Waals surface area (Å²) >= 11 is 0. The number of ether oxygens (including phenoxy) is 1. The van der Waals surface area contributed by atoms with Crippen molar-refractivity contribution in [1.29, 1.82) is 0 Å². The molecule has 0 atom stereocenters. The van der Waals surface area contributed by atoms with Crippen LogP contribution < -0.4 is 15.8 Å². The number of nitrogens with zero attached hydrogens (tertiary/aromatic N) is 3. The molecule has 0 bridgehead atoms. The molecular weight excluding hydrogens is 246 g/mol. The minimum atomic E-state index is -0.604. The first-order valence-electron chi connectivity index (χ1n) is 5.56. The lowest BCUT2D eigenvalue weighted by Crippen LogP contribution is -2.14. The normalized spacial score (nSPS) is 9.95. The molecule has 0 aliphatic carbocycles. The maximum absolute atomic E-state index is 10.8. The van der Waals surface area contributed by atoms with Crippen LogP contribution >= 0.6 is 0 Å². The van der Waals surface area contributed by atoms with Crippen molar-refractivity contribution < 1.29 is 9.53 Å². The molecule has 0 fully saturated rings. The minimum Gasteiger partial charge on any atom is -0.481 e. The summed E-state index contributed by atoms with van der Waals surface area (Å²) < 4.78 is 5.14. The van der Waals surface area contributed by atoms with Crippen LogP contribution in [-0.2, 0) is 6.54 Å². The summed E-state index contributed by atoms with van der Waals surface area (Å²) in [5, 5.41) is 10.6. The topological polar surface area (TPSA) is 103 Å². The number of nitrogens with one attached hydrogen (secondary N) is 1. The van der Waals surface area contributed by atoms with Crippen LogP contribution in [0.4, 0.5) is 5.82 Å². The third-order valence-electron chi connectivity index (χ3n) is 2.42. The molecule has 19 heavy (non-hydrogen) atoms. The summed E-state index contributed by atoms with van der Waals surface area (Å²) in [5.74, 6) is 0.487. The minimum absolute atomic E-state index is 0.129. The van der Waals surface area contributed by atoms with Crippen molar-refractivity contribution in [1.82, 2.24) is 15.2 Å². The van der Waals surface area contributed by atoms with Gasteiger partial charge in [0.05, 0.1) is 7.11 Å². The molecule has 0 saturated heterocycles. The third-order valence-corrected chi connectivity index (χ3v) is 2.42. The van der Waals surface area contributed by atoms with Crippen LogP contribution in [0.25, 0.3) is 0 Å². The summed E-state index contributed by atoms with van der Waals surface area (Å²) in [6.07, 6.45) is 1.66. The van der Waals surface area contributed by atoms with E-state index in [1.807, 2.05) is 12.1 Å². The Morgan fingerprint density at radius 2 is 2.21 bits per heavy atom. The molecule has 2 aromatic heterocycles. The average molecular weight is 259 g/mol. The van der Waals surface area contributed by atoms with Gasteiger partial charge in [0.2, 0.25) is 5.88 Å². The van der Waals surface area contributed by atoms with Crippen LogP contribution in [0.1, 0.15) is 16.1 Å². The number of aromatic nitrogens is 3. The fourth-order valence-electron chi connectivity index (χ4n) is 1.49. The summed E-state index contributed by atoms with van der Waals surface area (Å²) in [4.78, 5) is 14.9. The van der Waals surface area contributed by atoms with Gasteiger partial charge in [-0.25, -0.2) is 4.98 Å². The van der Waals surface area contributed by atoms with Crippen LogP contribution in [0.3, 0.4) is 0 Å². The Hall–Kier alpha value is -2.70. The maximum Gasteiger partial charge on any atom is 0.269 e. The predicted octanol–water partition coefficient (Wildman–Crippen LogP) is 0.591. The van der Waals surface area contributed by atoms with Crippen molar-refractivity contribution in [2.45, 2.75) is 6.54 Å². The molecule has 0 unspecified atom stereocenters. The molecule has 7 heteroatoms. The van der Waals surface area contributed by atoms with Crippen molar-refractivity contribution in [3.8, 4) is 5.88 Å². The van der Waals surface area contributed by atoms with E-state index in [2.05, 4.69) is 20.5 Å². The highest BCUT2D eigenvalue weighted by Gasteiger charge is 2.05. The van der Waals surface area contributed by atoms with Crippen molar-refractivity contribution in [3.05, 3.63) is 41.7 Å². The van der Waals surface area contributed by atoms with Crippen molar-refractivity contribution >= 4 is 11.7 Å². The van der Waals surface area contributed by atoms with Gasteiger partial charge in [0.1, 0.15) is 5.82 Å². The van der Waals surface area contributed by atoms with E-state index in [0.29, 0.717) is 18.2 Å². The number of carbonyl (C=O) groups excluding carboxylic acids is 1. The standard InChI is InChI=1S/C12H13N5O2/c1-19-12-8(3-2-6-14-12)7-15-10-5-4-9(11(13)18)16-17-10/h2-6H,7H2,1H3,(H2,13,18)(H,15,17). The molecular formula is C12H13N5O2. The molecule has 0 aromatic carbocycles. The van der Waals surface area contributed by atoms with Gasteiger partial charge in [-0.15, -0.1) is 10.2 Å². The molecule has 0 radical (unpaired) electrons. The molecule has 0 spiro atoms. The number of nitrogens with two attached hydrogens (primary N) is 1. The molecule has 1 amide bonds. The zero-order valence-corrected chi connectivity index (χ0v) is 10.3. The maximum atomic E-state index is 10.8. The molecule has 2 heterocycles. The first kappa shape index (κ1) is 12.7. The number of hydrogen-bond donors (Lipinski definition) is 2. The highest BCUT2D eigenvalue weighted by molar-refractivity contribution is 5.90. The van der Waals surface area contributed by atoms with Gasteiger partial charge in [-0.2, -0.15) is 0 Å². The van der Waals surface area contributed by atoms with Crippen molar-refractivity contribution in [2.75, 3.05) is 12.4 Å². The van der Waals surface area contributed by atoms with Crippen LogP contribution in [-0.4, -0.2) is 28.2 Å². The zero-order valence-electron chi connectivity index (χ0n) is 10.3. The number of methoxy groups -OCH3 is 1. The first-order chi connectivity index (χ1) is 9.20. The van der Waals surface area contributed by atoms with Gasteiger partial charge in [-0.1, -0.05) is 6.07 Å². The first-order valence-corrected chi connectivity index (χ1v) is 5.56. The molecule has 7 nitrogen and oxygen atoms in total. The van der Waals surface area contributed by atoms with E-state index in [4.69, 9.17) is 10.5 Å². The molecule has 2 rings (SSSR count). The van der Waals surface area contributed by atoms with Gasteiger partial charge in [0.25, 0.3) is 5.91 Å². The molecule has 98 valence electrons. The number of primary amides is 1. The van der Waals surface area contributed by atoms with Crippen LogP contribution in [0.2, 0.25) is 0 Å². The van der Waals surface area contributed by atoms with E-state index in [-0.39, 0.29) is 5.69 Å². The Morgan fingerprint density at radius 1 is 1.37 bits per heavy atom. The second kappa shape index (κ2) is 5.76. The van der Waals surface area contributed by atoms with Gasteiger partial charge in [-0.05, 0) is 18.2 Å². The van der Waals surface area contributed by atoms with E-state index < -0.39 is 5.91 Å². The van der Waals surface area contributed by atoms with Gasteiger partial charge >= 0.3 is 0 Å². The van der Waals surface area contributed by atoms with Gasteiger partial charge < -0.3 is 15.8 Å². The molecule has 3 N–H and O–H groups in total. The van der Waals surface area contributed by atoms with Crippen molar-refractivity contribution in [3.63, 3.8) is 0 Å². The summed E-state index contributed by atoms with van der Waals surface area (Å²) in [6.45, 7) is 0.488. The van der Waals surface area contributed by atoms with E-state index >= 15 is 0 Å². The van der Waals surface area contributed by atoms with E-state index in [1.165, 1.54) is 6.07 Å². The van der Waals surface area contributed by atoms with Gasteiger partial charge in [0, 0.05) is 18.3 Å². The Kier molecular flexibility index (Phi) is 3.87. The lowest BCUT2D eigenvalue weighted by molar-refractivity contribution is 0.0994. The number of pyridine rings is 1. The number of hydrogen-bond acceptors (Lipinski definition) is 6. The fraction of sp³-hybridized carbons (Fsp3) is 0.167.